The molecular weight excluding hydrogens is 266 g/mol. The Morgan fingerprint density at radius 3 is 2.38 bits per heavy atom. The summed E-state index contributed by atoms with van der Waals surface area (Å²) in [4.78, 5) is 25.3. The zero-order valence-electron chi connectivity index (χ0n) is 12.5. The zero-order chi connectivity index (χ0) is 15.2. The van der Waals surface area contributed by atoms with Gasteiger partial charge in [0.25, 0.3) is 0 Å². The number of carbonyl (C=O) groups excluding carboxylic acids is 1. The molecule has 0 saturated carbocycles. The molecule has 114 valence electrons. The molecule has 4 heteroatoms. The molecule has 21 heavy (non-hydrogen) atoms. The van der Waals surface area contributed by atoms with Crippen LogP contribution in [0.3, 0.4) is 0 Å². The summed E-state index contributed by atoms with van der Waals surface area (Å²) in [7, 11) is 0. The van der Waals surface area contributed by atoms with Gasteiger partial charge in [-0.3, -0.25) is 9.59 Å². The highest BCUT2D eigenvalue weighted by Crippen LogP contribution is 2.26. The lowest BCUT2D eigenvalue weighted by molar-refractivity contribution is -0.138. The van der Waals surface area contributed by atoms with Crippen LogP contribution in [0.5, 0.6) is 0 Å². The zero-order valence-corrected chi connectivity index (χ0v) is 12.5. The van der Waals surface area contributed by atoms with Gasteiger partial charge < -0.3 is 10.0 Å². The van der Waals surface area contributed by atoms with Crippen molar-refractivity contribution in [2.45, 2.75) is 38.5 Å². The SMILES string of the molecule is CC1CCN(C(=O)C[C@@H](CC(=O)O)c2ccccc2)CC1. The van der Waals surface area contributed by atoms with Crippen LogP contribution >= 0.6 is 0 Å². The second kappa shape index (κ2) is 7.25. The normalized spacial score (nSPS) is 17.5. The van der Waals surface area contributed by atoms with Crippen LogP contribution in [0.2, 0.25) is 0 Å². The lowest BCUT2D eigenvalue weighted by Gasteiger charge is -2.31. The number of hydrogen-bond acceptors (Lipinski definition) is 2. The number of nitrogens with zero attached hydrogens (tertiary/aromatic N) is 1. The fraction of sp³-hybridized carbons (Fsp3) is 0.529. The molecule has 0 spiro atoms. The van der Waals surface area contributed by atoms with Crippen molar-refractivity contribution in [3.8, 4) is 0 Å². The maximum absolute atomic E-state index is 12.4. The summed E-state index contributed by atoms with van der Waals surface area (Å²) in [5.74, 6) is -0.338. The first-order valence-corrected chi connectivity index (χ1v) is 7.60. The Morgan fingerprint density at radius 2 is 1.81 bits per heavy atom. The van der Waals surface area contributed by atoms with E-state index < -0.39 is 5.97 Å². The van der Waals surface area contributed by atoms with E-state index in [1.807, 2.05) is 35.2 Å². The number of hydrogen-bond donors (Lipinski definition) is 1. The maximum Gasteiger partial charge on any atom is 0.303 e. The van der Waals surface area contributed by atoms with Crippen LogP contribution in [-0.2, 0) is 9.59 Å². The minimum absolute atomic E-state index is 0.00000386. The molecule has 0 aliphatic carbocycles. The van der Waals surface area contributed by atoms with Crippen LogP contribution in [0.1, 0.15) is 44.1 Å². The highest BCUT2D eigenvalue weighted by Gasteiger charge is 2.25. The van der Waals surface area contributed by atoms with E-state index in [9.17, 15) is 9.59 Å². The van der Waals surface area contributed by atoms with E-state index in [-0.39, 0.29) is 24.7 Å². The number of carboxylic acid groups (broad SMARTS) is 1. The molecule has 1 aliphatic heterocycles. The average Bonchev–Trinajstić information content (AvgIpc) is 2.47. The van der Waals surface area contributed by atoms with Crippen molar-refractivity contribution in [3.63, 3.8) is 0 Å². The van der Waals surface area contributed by atoms with Crippen molar-refractivity contribution in [2.24, 2.45) is 5.92 Å². The molecule has 1 aromatic rings. The van der Waals surface area contributed by atoms with Crippen molar-refractivity contribution in [3.05, 3.63) is 35.9 Å². The van der Waals surface area contributed by atoms with E-state index in [4.69, 9.17) is 5.11 Å². The molecule has 1 aromatic carbocycles. The van der Waals surface area contributed by atoms with Gasteiger partial charge in [0, 0.05) is 25.4 Å². The summed E-state index contributed by atoms with van der Waals surface area (Å²) >= 11 is 0. The average molecular weight is 289 g/mol. The number of rotatable bonds is 5. The van der Waals surface area contributed by atoms with Crippen molar-refractivity contribution in [1.82, 2.24) is 4.90 Å². The van der Waals surface area contributed by atoms with Gasteiger partial charge in [-0.1, -0.05) is 37.3 Å². The molecule has 0 bridgehead atoms. The van der Waals surface area contributed by atoms with E-state index in [0.717, 1.165) is 31.5 Å². The Morgan fingerprint density at radius 1 is 1.19 bits per heavy atom. The van der Waals surface area contributed by atoms with Gasteiger partial charge in [-0.2, -0.15) is 0 Å². The predicted octanol–water partition coefficient (Wildman–Crippen LogP) is 2.89. The Balaban J connectivity index is 2.01. The van der Waals surface area contributed by atoms with Gasteiger partial charge in [0.05, 0.1) is 6.42 Å². The Hall–Kier alpha value is -1.84. The van der Waals surface area contributed by atoms with E-state index in [0.29, 0.717) is 5.92 Å². The molecule has 1 saturated heterocycles. The molecule has 0 aromatic heterocycles. The number of piperidine rings is 1. The quantitative estimate of drug-likeness (QED) is 0.906. The molecular formula is C17H23NO3. The second-order valence-electron chi connectivity index (χ2n) is 5.97. The molecule has 4 nitrogen and oxygen atoms in total. The van der Waals surface area contributed by atoms with Gasteiger partial charge in [-0.25, -0.2) is 0 Å². The fourth-order valence-corrected chi connectivity index (χ4v) is 2.84. The smallest absolute Gasteiger partial charge is 0.303 e. The summed E-state index contributed by atoms with van der Waals surface area (Å²) in [6.07, 6.45) is 2.37. The van der Waals surface area contributed by atoms with Crippen LogP contribution in [0.15, 0.2) is 30.3 Å². The second-order valence-corrected chi connectivity index (χ2v) is 5.97. The molecule has 1 aliphatic rings. The molecule has 1 N–H and O–H groups in total. The van der Waals surface area contributed by atoms with Crippen LogP contribution in [0, 0.1) is 5.92 Å². The first-order chi connectivity index (χ1) is 10.1. The summed E-state index contributed by atoms with van der Waals surface area (Å²) in [6.45, 7) is 3.81. The number of likely N-dealkylation sites (tertiary alicyclic amines) is 1. The monoisotopic (exact) mass is 289 g/mol. The third-order valence-corrected chi connectivity index (χ3v) is 4.25. The molecule has 2 rings (SSSR count). The van der Waals surface area contributed by atoms with Gasteiger partial charge >= 0.3 is 5.97 Å². The molecule has 1 amide bonds. The maximum atomic E-state index is 12.4. The topological polar surface area (TPSA) is 57.6 Å². The van der Waals surface area contributed by atoms with Crippen LogP contribution < -0.4 is 0 Å². The van der Waals surface area contributed by atoms with Crippen molar-refractivity contribution >= 4 is 11.9 Å². The third kappa shape index (κ3) is 4.59. The largest absolute Gasteiger partial charge is 0.481 e. The highest BCUT2D eigenvalue weighted by atomic mass is 16.4. The standard InChI is InChI=1S/C17H23NO3/c1-13-7-9-18(10-8-13)16(19)11-15(12-17(20)21)14-5-3-2-4-6-14/h2-6,13,15H,7-12H2,1H3,(H,20,21)/t15-/m0/s1. The van der Waals surface area contributed by atoms with Gasteiger partial charge in [0.15, 0.2) is 0 Å². The van der Waals surface area contributed by atoms with Crippen LogP contribution in [-0.4, -0.2) is 35.0 Å². The van der Waals surface area contributed by atoms with Crippen LogP contribution in [0.4, 0.5) is 0 Å². The molecule has 1 fully saturated rings. The molecule has 1 heterocycles. The van der Waals surface area contributed by atoms with Crippen molar-refractivity contribution in [2.75, 3.05) is 13.1 Å². The summed E-state index contributed by atoms with van der Waals surface area (Å²) < 4.78 is 0. The lowest BCUT2D eigenvalue weighted by Crippen LogP contribution is -2.38. The number of carboxylic acids is 1. The number of benzene rings is 1. The lowest BCUT2D eigenvalue weighted by atomic mass is 9.91. The first-order valence-electron chi connectivity index (χ1n) is 7.60. The van der Waals surface area contributed by atoms with E-state index in [1.165, 1.54) is 0 Å². The third-order valence-electron chi connectivity index (χ3n) is 4.25. The first kappa shape index (κ1) is 15.5. The van der Waals surface area contributed by atoms with Gasteiger partial charge in [-0.05, 0) is 24.3 Å². The summed E-state index contributed by atoms with van der Waals surface area (Å²) in [5, 5.41) is 9.08. The number of amides is 1. The Bertz CT molecular complexity index is 478. The van der Waals surface area contributed by atoms with Crippen molar-refractivity contribution in [1.29, 1.82) is 0 Å². The summed E-state index contributed by atoms with van der Waals surface area (Å²) in [5.41, 5.74) is 0.929. The predicted molar refractivity (Wildman–Crippen MR) is 81.0 cm³/mol. The molecule has 1 atom stereocenters. The Labute approximate surface area is 125 Å². The van der Waals surface area contributed by atoms with E-state index in [1.54, 1.807) is 0 Å². The fourth-order valence-electron chi connectivity index (χ4n) is 2.84. The highest BCUT2D eigenvalue weighted by molar-refractivity contribution is 5.78. The number of aliphatic carboxylic acids is 1. The van der Waals surface area contributed by atoms with Gasteiger partial charge in [-0.15, -0.1) is 0 Å². The number of carbonyl (C=O) groups is 2. The summed E-state index contributed by atoms with van der Waals surface area (Å²) in [6, 6.07) is 9.47. The minimum Gasteiger partial charge on any atom is -0.481 e. The van der Waals surface area contributed by atoms with Gasteiger partial charge in [0.2, 0.25) is 5.91 Å². The van der Waals surface area contributed by atoms with Crippen molar-refractivity contribution < 1.29 is 14.7 Å². The van der Waals surface area contributed by atoms with E-state index >= 15 is 0 Å². The molecule has 0 unspecified atom stereocenters. The Kier molecular flexibility index (Phi) is 5.37. The minimum atomic E-state index is -0.857. The van der Waals surface area contributed by atoms with Gasteiger partial charge in [0.1, 0.15) is 0 Å². The van der Waals surface area contributed by atoms with Crippen LogP contribution in [0.25, 0.3) is 0 Å². The van der Waals surface area contributed by atoms with E-state index in [2.05, 4.69) is 6.92 Å². The molecule has 0 radical (unpaired) electrons.